The summed E-state index contributed by atoms with van der Waals surface area (Å²) >= 11 is 1.67. The number of aliphatic imine (C=N–C) groups is 1. The van der Waals surface area contributed by atoms with E-state index in [9.17, 15) is 8.42 Å². The molecular weight excluding hydrogens is 344 g/mol. The van der Waals surface area contributed by atoms with Crippen LogP contribution in [0, 0.1) is 0 Å². The van der Waals surface area contributed by atoms with Crippen LogP contribution in [0.5, 0.6) is 0 Å². The molecule has 0 saturated heterocycles. The molecule has 0 unspecified atom stereocenters. The second-order valence-corrected chi connectivity index (χ2v) is 9.40. The van der Waals surface area contributed by atoms with E-state index in [1.165, 1.54) is 23.4 Å². The van der Waals surface area contributed by atoms with Crippen LogP contribution in [0.25, 0.3) is 0 Å². The van der Waals surface area contributed by atoms with Crippen molar-refractivity contribution < 1.29 is 8.42 Å². The lowest BCUT2D eigenvalue weighted by atomic mass is 10.0. The molecule has 4 rings (SSSR count). The zero-order chi connectivity index (χ0) is 16.9. The van der Waals surface area contributed by atoms with Gasteiger partial charge in [-0.25, -0.2) is 8.42 Å². The van der Waals surface area contributed by atoms with Crippen LogP contribution in [0.4, 0.5) is 5.69 Å². The Morgan fingerprint density at radius 2 is 2.17 bits per heavy atom. The lowest BCUT2D eigenvalue weighted by Gasteiger charge is -2.22. The molecule has 8 heteroatoms. The summed E-state index contributed by atoms with van der Waals surface area (Å²) in [5.41, 5.74) is 6.92. The monoisotopic (exact) mass is 364 g/mol. The van der Waals surface area contributed by atoms with Crippen molar-refractivity contribution >= 4 is 38.4 Å². The lowest BCUT2D eigenvalue weighted by Crippen LogP contribution is -2.34. The van der Waals surface area contributed by atoms with Gasteiger partial charge < -0.3 is 0 Å². The van der Waals surface area contributed by atoms with E-state index < -0.39 is 10.0 Å². The number of rotatable bonds is 3. The molecule has 1 fully saturated rings. The minimum absolute atomic E-state index is 0.0386. The fraction of sp³-hybridized carbons (Fsp3) is 0.500. The molecule has 1 saturated carbocycles. The summed E-state index contributed by atoms with van der Waals surface area (Å²) in [6.07, 6.45) is 4.36. The number of nitrogens with one attached hydrogen (secondary N) is 1. The van der Waals surface area contributed by atoms with E-state index in [-0.39, 0.29) is 6.04 Å². The molecule has 1 aliphatic carbocycles. The van der Waals surface area contributed by atoms with Gasteiger partial charge in [0.15, 0.2) is 5.17 Å². The van der Waals surface area contributed by atoms with Crippen molar-refractivity contribution in [1.82, 2.24) is 5.43 Å². The Bertz CT molecular complexity index is 844. The standard InChI is InChI=1S/C16H20N4O2S2/c1-10-7-12-8-11(3-6-15(12)20(10)24(2,21)22)14-9-23-16(19-18-14)17-13-4-5-13/h3,6,8,10,13H,4-5,7,9H2,1-2H3,(H,17,19)/t10-/m1/s1. The van der Waals surface area contributed by atoms with Crippen molar-refractivity contribution in [3.05, 3.63) is 29.3 Å². The van der Waals surface area contributed by atoms with Gasteiger partial charge in [-0.05, 0) is 49.4 Å². The van der Waals surface area contributed by atoms with E-state index in [0.717, 1.165) is 39.9 Å². The predicted octanol–water partition coefficient (Wildman–Crippen LogP) is 1.96. The Morgan fingerprint density at radius 1 is 1.38 bits per heavy atom. The van der Waals surface area contributed by atoms with Crippen LogP contribution in [0.3, 0.4) is 0 Å². The van der Waals surface area contributed by atoms with Crippen LogP contribution in [0.1, 0.15) is 30.9 Å². The van der Waals surface area contributed by atoms with Gasteiger partial charge in [0.25, 0.3) is 0 Å². The van der Waals surface area contributed by atoms with E-state index in [1.807, 2.05) is 19.1 Å². The van der Waals surface area contributed by atoms with Crippen molar-refractivity contribution in [2.45, 2.75) is 38.3 Å². The Balaban J connectivity index is 1.59. The Morgan fingerprint density at radius 3 is 2.79 bits per heavy atom. The summed E-state index contributed by atoms with van der Waals surface area (Å²) < 4.78 is 25.5. The zero-order valence-corrected chi connectivity index (χ0v) is 15.3. The molecule has 0 amide bonds. The second-order valence-electron chi connectivity index (χ2n) is 6.58. The SMILES string of the molecule is C[C@@H]1Cc2cc(C3=NNC(=NC4CC4)SC3)ccc2N1S(C)(=O)=O. The first-order valence-corrected chi connectivity index (χ1v) is 10.9. The highest BCUT2D eigenvalue weighted by Gasteiger charge is 2.32. The first kappa shape index (κ1) is 16.0. The van der Waals surface area contributed by atoms with Crippen LogP contribution in [0.15, 0.2) is 28.3 Å². The molecule has 3 aliphatic rings. The minimum atomic E-state index is -3.24. The van der Waals surface area contributed by atoms with E-state index in [0.29, 0.717) is 6.04 Å². The topological polar surface area (TPSA) is 74.1 Å². The molecule has 1 N–H and O–H groups in total. The van der Waals surface area contributed by atoms with Crippen LogP contribution in [-0.2, 0) is 16.4 Å². The van der Waals surface area contributed by atoms with Gasteiger partial charge in [0.2, 0.25) is 10.0 Å². The lowest BCUT2D eigenvalue weighted by molar-refractivity contribution is 0.590. The first-order valence-electron chi connectivity index (χ1n) is 8.08. The van der Waals surface area contributed by atoms with Crippen molar-refractivity contribution in [2.75, 3.05) is 16.3 Å². The summed E-state index contributed by atoms with van der Waals surface area (Å²) in [6.45, 7) is 1.94. The predicted molar refractivity (Wildman–Crippen MR) is 99.5 cm³/mol. The van der Waals surface area contributed by atoms with Gasteiger partial charge in [-0.2, -0.15) is 5.10 Å². The normalized spacial score (nSPS) is 25.4. The van der Waals surface area contributed by atoms with Crippen molar-refractivity contribution in [1.29, 1.82) is 0 Å². The highest BCUT2D eigenvalue weighted by Crippen LogP contribution is 2.35. The number of amidine groups is 1. The number of benzene rings is 1. The van der Waals surface area contributed by atoms with Crippen molar-refractivity contribution in [3.63, 3.8) is 0 Å². The smallest absolute Gasteiger partial charge is 0.232 e. The molecule has 128 valence electrons. The van der Waals surface area contributed by atoms with E-state index >= 15 is 0 Å². The van der Waals surface area contributed by atoms with Crippen LogP contribution < -0.4 is 9.73 Å². The minimum Gasteiger partial charge on any atom is -0.267 e. The van der Waals surface area contributed by atoms with Crippen LogP contribution >= 0.6 is 11.8 Å². The molecule has 2 heterocycles. The molecule has 6 nitrogen and oxygen atoms in total. The van der Waals surface area contributed by atoms with Gasteiger partial charge >= 0.3 is 0 Å². The number of hydrazone groups is 1. The molecule has 1 atom stereocenters. The average molecular weight is 364 g/mol. The first-order chi connectivity index (χ1) is 11.4. The largest absolute Gasteiger partial charge is 0.267 e. The molecule has 0 bridgehead atoms. The second kappa shape index (κ2) is 5.77. The van der Waals surface area contributed by atoms with Gasteiger partial charge in [-0.3, -0.25) is 14.7 Å². The maximum Gasteiger partial charge on any atom is 0.232 e. The Hall–Kier alpha value is -1.54. The molecular formula is C16H20N4O2S2. The number of fused-ring (bicyclic) bond motifs is 1. The quantitative estimate of drug-likeness (QED) is 0.890. The molecule has 0 radical (unpaired) electrons. The fourth-order valence-corrected chi connectivity index (χ4v) is 5.29. The third-order valence-electron chi connectivity index (χ3n) is 4.40. The maximum absolute atomic E-state index is 12.0. The fourth-order valence-electron chi connectivity index (χ4n) is 3.19. The highest BCUT2D eigenvalue weighted by atomic mass is 32.2. The zero-order valence-electron chi connectivity index (χ0n) is 13.7. The highest BCUT2D eigenvalue weighted by molar-refractivity contribution is 8.14. The maximum atomic E-state index is 12.0. The van der Waals surface area contributed by atoms with Crippen molar-refractivity contribution in [3.8, 4) is 0 Å². The van der Waals surface area contributed by atoms with Crippen LogP contribution in [0.2, 0.25) is 0 Å². The van der Waals surface area contributed by atoms with E-state index in [2.05, 4.69) is 21.6 Å². The van der Waals surface area contributed by atoms with Gasteiger partial charge in [-0.1, -0.05) is 17.8 Å². The third-order valence-corrected chi connectivity index (χ3v) is 6.56. The van der Waals surface area contributed by atoms with Gasteiger partial charge in [0, 0.05) is 11.8 Å². The number of hydrogen-bond acceptors (Lipinski definition) is 5. The Kier molecular flexibility index (Phi) is 3.84. The van der Waals surface area contributed by atoms with Gasteiger partial charge in [0.05, 0.1) is 23.7 Å². The number of hydrogen-bond donors (Lipinski definition) is 1. The number of nitrogens with zero attached hydrogens (tertiary/aromatic N) is 3. The van der Waals surface area contributed by atoms with Gasteiger partial charge in [-0.15, -0.1) is 0 Å². The molecule has 0 spiro atoms. The third kappa shape index (κ3) is 3.04. The summed E-state index contributed by atoms with van der Waals surface area (Å²) in [5.74, 6) is 0.780. The molecule has 0 aromatic heterocycles. The summed E-state index contributed by atoms with van der Waals surface area (Å²) in [6, 6.07) is 6.37. The Labute approximate surface area is 146 Å². The molecule has 2 aliphatic heterocycles. The number of thioether (sulfide) groups is 1. The van der Waals surface area contributed by atoms with E-state index in [1.54, 1.807) is 11.8 Å². The summed E-state index contributed by atoms with van der Waals surface area (Å²) in [5, 5.41) is 5.36. The molecule has 1 aromatic rings. The number of anilines is 1. The molecule has 24 heavy (non-hydrogen) atoms. The summed E-state index contributed by atoms with van der Waals surface area (Å²) in [7, 11) is -3.24. The number of sulfonamides is 1. The van der Waals surface area contributed by atoms with Crippen molar-refractivity contribution in [2.24, 2.45) is 10.1 Å². The van der Waals surface area contributed by atoms with Crippen LogP contribution in [-0.4, -0.2) is 43.4 Å². The summed E-state index contributed by atoms with van der Waals surface area (Å²) in [4.78, 5) is 4.57. The average Bonchev–Trinajstić information content (AvgIpc) is 3.25. The van der Waals surface area contributed by atoms with Gasteiger partial charge in [0.1, 0.15) is 0 Å². The van der Waals surface area contributed by atoms with E-state index in [4.69, 9.17) is 0 Å². The molecule has 1 aromatic carbocycles.